The highest BCUT2D eigenvalue weighted by atomic mass is 15.1. The maximum atomic E-state index is 4.38. The minimum atomic E-state index is 0.505. The second-order valence-corrected chi connectivity index (χ2v) is 12.0. The van der Waals surface area contributed by atoms with Crippen LogP contribution in [0.3, 0.4) is 0 Å². The van der Waals surface area contributed by atoms with Crippen molar-refractivity contribution in [2.24, 2.45) is 35.0 Å². The smallest absolute Gasteiger partial charge is 0.0346 e. The van der Waals surface area contributed by atoms with Crippen molar-refractivity contribution in [2.45, 2.75) is 76.7 Å². The summed E-state index contributed by atoms with van der Waals surface area (Å²) >= 11 is 0. The predicted octanol–water partition coefficient (Wildman–Crippen LogP) is 6.90. The van der Waals surface area contributed by atoms with Crippen LogP contribution in [0.25, 0.3) is 10.8 Å². The molecule has 166 valence electrons. The van der Waals surface area contributed by atoms with Gasteiger partial charge in [0.05, 0.1) is 0 Å². The van der Waals surface area contributed by atoms with Crippen molar-refractivity contribution < 1.29 is 0 Å². The summed E-state index contributed by atoms with van der Waals surface area (Å²) < 4.78 is 0. The van der Waals surface area contributed by atoms with Crippen LogP contribution in [0.1, 0.15) is 76.2 Å². The Morgan fingerprint density at radius 1 is 0.871 bits per heavy atom. The van der Waals surface area contributed by atoms with Gasteiger partial charge in [0.2, 0.25) is 0 Å². The minimum Gasteiger partial charge on any atom is -0.306 e. The average Bonchev–Trinajstić information content (AvgIpc) is 3.15. The van der Waals surface area contributed by atoms with Crippen LogP contribution in [-0.4, -0.2) is 30.0 Å². The van der Waals surface area contributed by atoms with E-state index in [-0.39, 0.29) is 0 Å². The summed E-state index contributed by atoms with van der Waals surface area (Å²) in [6.07, 6.45) is 17.2. The van der Waals surface area contributed by atoms with E-state index in [1.807, 2.05) is 6.20 Å². The molecule has 4 saturated carbocycles. The first-order valence-electron chi connectivity index (χ1n) is 13.0. The van der Waals surface area contributed by atoms with Gasteiger partial charge in [-0.05, 0) is 136 Å². The lowest BCUT2D eigenvalue weighted by Gasteiger charge is -2.56. The standard InChI is InChI=1S/C29H40N2/c1-29-14-12-25-24-9-7-23(31(2)3)17-20(24)6-8-26(25)28(29)11-10-27(29)21-5-4-19-13-15-30-18-22(19)16-21/h4-5,13,15-16,18,20,23-28H,6-12,14,17H2,1-3H3/t20-,23+,24-,25+,26+,27+,28-,29+/m0/s1. The van der Waals surface area contributed by atoms with Crippen molar-refractivity contribution in [3.63, 3.8) is 0 Å². The summed E-state index contributed by atoms with van der Waals surface area (Å²) in [7, 11) is 4.59. The maximum absolute atomic E-state index is 4.38. The lowest BCUT2D eigenvalue weighted by atomic mass is 9.49. The van der Waals surface area contributed by atoms with Crippen LogP contribution < -0.4 is 0 Å². The maximum Gasteiger partial charge on any atom is 0.0346 e. The molecule has 0 saturated heterocycles. The van der Waals surface area contributed by atoms with E-state index in [0.29, 0.717) is 5.41 Å². The van der Waals surface area contributed by atoms with Gasteiger partial charge >= 0.3 is 0 Å². The second-order valence-electron chi connectivity index (χ2n) is 12.0. The van der Waals surface area contributed by atoms with Crippen molar-refractivity contribution in [3.8, 4) is 0 Å². The third kappa shape index (κ3) is 3.19. The number of hydrogen-bond donors (Lipinski definition) is 0. The monoisotopic (exact) mass is 416 g/mol. The molecule has 4 aliphatic rings. The van der Waals surface area contributed by atoms with Crippen LogP contribution in [-0.2, 0) is 0 Å². The SMILES string of the molecule is CN(C)[C@@H]1CC[C@H]2[C@@H](CC[C@@H]3[C@@H]2CC[C@]2(C)[C@@H](c4ccc5ccncc5c4)CC[C@@H]32)C1. The Bertz CT molecular complexity index is 951. The average molecular weight is 417 g/mol. The molecule has 0 unspecified atom stereocenters. The molecule has 6 rings (SSSR count). The van der Waals surface area contributed by atoms with E-state index in [1.165, 1.54) is 68.6 Å². The molecular weight excluding hydrogens is 376 g/mol. The van der Waals surface area contributed by atoms with E-state index >= 15 is 0 Å². The van der Waals surface area contributed by atoms with Gasteiger partial charge in [0.15, 0.2) is 0 Å². The fourth-order valence-corrected chi connectivity index (χ4v) is 9.17. The van der Waals surface area contributed by atoms with E-state index in [1.54, 1.807) is 5.56 Å². The molecule has 31 heavy (non-hydrogen) atoms. The summed E-state index contributed by atoms with van der Waals surface area (Å²) in [5.41, 5.74) is 2.09. The summed E-state index contributed by atoms with van der Waals surface area (Å²) in [5, 5.41) is 2.65. The summed E-state index contributed by atoms with van der Waals surface area (Å²) in [6.45, 7) is 2.67. The van der Waals surface area contributed by atoms with Gasteiger partial charge in [-0.2, -0.15) is 0 Å². The zero-order valence-corrected chi connectivity index (χ0v) is 19.8. The quantitative estimate of drug-likeness (QED) is 0.529. The molecule has 4 aliphatic carbocycles. The molecule has 0 N–H and O–H groups in total. The molecule has 1 heterocycles. The van der Waals surface area contributed by atoms with E-state index < -0.39 is 0 Å². The van der Waals surface area contributed by atoms with Gasteiger partial charge in [-0.1, -0.05) is 19.1 Å². The van der Waals surface area contributed by atoms with Gasteiger partial charge in [-0.15, -0.1) is 0 Å². The van der Waals surface area contributed by atoms with Crippen LogP contribution in [0, 0.1) is 35.0 Å². The fraction of sp³-hybridized carbons (Fsp3) is 0.690. The van der Waals surface area contributed by atoms with E-state index in [2.05, 4.69) is 61.4 Å². The van der Waals surface area contributed by atoms with Gasteiger partial charge < -0.3 is 4.90 Å². The molecule has 0 spiro atoms. The van der Waals surface area contributed by atoms with Crippen molar-refractivity contribution >= 4 is 10.8 Å². The third-order valence-corrected chi connectivity index (χ3v) is 10.7. The lowest BCUT2D eigenvalue weighted by molar-refractivity contribution is -0.0624. The summed E-state index contributed by atoms with van der Waals surface area (Å²) in [5.74, 6) is 5.77. The van der Waals surface area contributed by atoms with Crippen LogP contribution in [0.15, 0.2) is 36.7 Å². The molecule has 0 amide bonds. The Balaban J connectivity index is 1.24. The highest BCUT2D eigenvalue weighted by molar-refractivity contribution is 5.82. The van der Waals surface area contributed by atoms with Crippen LogP contribution >= 0.6 is 0 Å². The Labute approximate surface area is 188 Å². The van der Waals surface area contributed by atoms with Gasteiger partial charge in [0.25, 0.3) is 0 Å². The van der Waals surface area contributed by atoms with E-state index in [0.717, 1.165) is 41.5 Å². The topological polar surface area (TPSA) is 16.1 Å². The van der Waals surface area contributed by atoms with E-state index in [9.17, 15) is 0 Å². The third-order valence-electron chi connectivity index (χ3n) is 10.7. The first-order chi connectivity index (χ1) is 15.0. The van der Waals surface area contributed by atoms with Crippen molar-refractivity contribution in [2.75, 3.05) is 14.1 Å². The highest BCUT2D eigenvalue weighted by Crippen LogP contribution is 2.66. The number of pyridine rings is 1. The fourth-order valence-electron chi connectivity index (χ4n) is 9.17. The number of hydrogen-bond acceptors (Lipinski definition) is 2. The van der Waals surface area contributed by atoms with Crippen molar-refractivity contribution in [3.05, 3.63) is 42.2 Å². The lowest BCUT2D eigenvalue weighted by Crippen LogP contribution is -2.49. The molecule has 1 aromatic carbocycles. The molecule has 1 aromatic heterocycles. The number of rotatable bonds is 2. The number of fused-ring (bicyclic) bond motifs is 6. The number of benzene rings is 1. The molecule has 2 aromatic rings. The normalized spacial score (nSPS) is 42.3. The Morgan fingerprint density at radius 3 is 2.61 bits per heavy atom. The van der Waals surface area contributed by atoms with Crippen molar-refractivity contribution in [1.29, 1.82) is 0 Å². The largest absolute Gasteiger partial charge is 0.306 e. The zero-order valence-electron chi connectivity index (χ0n) is 19.8. The number of aromatic nitrogens is 1. The molecule has 2 heteroatoms. The predicted molar refractivity (Wildman–Crippen MR) is 129 cm³/mol. The molecule has 2 nitrogen and oxygen atoms in total. The Morgan fingerprint density at radius 2 is 1.74 bits per heavy atom. The highest BCUT2D eigenvalue weighted by Gasteiger charge is 2.57. The van der Waals surface area contributed by atoms with Gasteiger partial charge in [0.1, 0.15) is 0 Å². The Kier molecular flexibility index (Phi) is 4.94. The minimum absolute atomic E-state index is 0.505. The first kappa shape index (κ1) is 20.2. The number of nitrogens with zero attached hydrogens (tertiary/aromatic N) is 2. The Hall–Kier alpha value is -1.41. The molecule has 8 atom stereocenters. The zero-order chi connectivity index (χ0) is 21.2. The van der Waals surface area contributed by atoms with Crippen LogP contribution in [0.2, 0.25) is 0 Å². The van der Waals surface area contributed by atoms with E-state index in [4.69, 9.17) is 0 Å². The van der Waals surface area contributed by atoms with Gasteiger partial charge in [-0.25, -0.2) is 0 Å². The second kappa shape index (κ2) is 7.58. The molecular formula is C29H40N2. The molecule has 0 aliphatic heterocycles. The summed E-state index contributed by atoms with van der Waals surface area (Å²) in [4.78, 5) is 6.89. The van der Waals surface area contributed by atoms with Crippen LogP contribution in [0.5, 0.6) is 0 Å². The first-order valence-corrected chi connectivity index (χ1v) is 13.0. The molecule has 0 bridgehead atoms. The van der Waals surface area contributed by atoms with Crippen LogP contribution in [0.4, 0.5) is 0 Å². The summed E-state index contributed by atoms with van der Waals surface area (Å²) in [6, 6.07) is 10.2. The molecule has 4 fully saturated rings. The van der Waals surface area contributed by atoms with Gasteiger partial charge in [-0.3, -0.25) is 4.98 Å². The van der Waals surface area contributed by atoms with Crippen molar-refractivity contribution in [1.82, 2.24) is 9.88 Å². The van der Waals surface area contributed by atoms with Gasteiger partial charge in [0, 0.05) is 23.8 Å². The molecule has 0 radical (unpaired) electrons.